The van der Waals surface area contributed by atoms with Gasteiger partial charge in [0, 0.05) is 27.7 Å². The molecule has 0 radical (unpaired) electrons. The molecule has 2 aromatic carbocycles. The van der Waals surface area contributed by atoms with Crippen LogP contribution in [0.2, 0.25) is 0 Å². The van der Waals surface area contributed by atoms with Crippen LogP contribution in [0.4, 0.5) is 13.6 Å². The molecule has 40 heavy (non-hydrogen) atoms. The number of hydrogen-bond donors (Lipinski definition) is 2. The molecule has 10 heteroatoms. The highest BCUT2D eigenvalue weighted by atomic mass is 79.9. The van der Waals surface area contributed by atoms with Crippen molar-refractivity contribution in [2.24, 2.45) is 11.3 Å². The molecule has 1 aromatic heterocycles. The molecule has 2 N–H and O–H groups in total. The molecular weight excluding hydrogens is 582 g/mol. The van der Waals surface area contributed by atoms with Crippen molar-refractivity contribution in [1.82, 2.24) is 20.2 Å². The highest BCUT2D eigenvalue weighted by Crippen LogP contribution is 2.58. The summed E-state index contributed by atoms with van der Waals surface area (Å²) in [7, 11) is 1.28. The van der Waals surface area contributed by atoms with Gasteiger partial charge in [0.1, 0.15) is 11.9 Å². The average Bonchev–Trinajstić information content (AvgIpc) is 3.24. The molecule has 2 aliphatic carbocycles. The van der Waals surface area contributed by atoms with Crippen LogP contribution < -0.4 is 5.32 Å². The average molecular weight is 614 g/mol. The number of rotatable bonds is 6. The Hall–Kier alpha value is -3.27. The molecule has 1 saturated heterocycles. The van der Waals surface area contributed by atoms with Crippen LogP contribution in [0.1, 0.15) is 62.5 Å². The number of methoxy groups -OCH3 is 1. The summed E-state index contributed by atoms with van der Waals surface area (Å²) in [6.45, 7) is 4.60. The number of halogens is 3. The number of ether oxygens (including phenoxy) is 1. The lowest BCUT2D eigenvalue weighted by Crippen LogP contribution is -2.49. The lowest BCUT2D eigenvalue weighted by Gasteiger charge is -2.29. The summed E-state index contributed by atoms with van der Waals surface area (Å²) >= 11 is 3.31. The third-order valence-electron chi connectivity index (χ3n) is 8.42. The molecule has 2 fully saturated rings. The number of alkyl carbamates (subject to hydrolysis) is 1. The van der Waals surface area contributed by atoms with E-state index in [1.54, 1.807) is 24.4 Å². The maximum absolute atomic E-state index is 15.4. The Morgan fingerprint density at radius 1 is 1.18 bits per heavy atom. The van der Waals surface area contributed by atoms with Gasteiger partial charge in [0.25, 0.3) is 5.92 Å². The van der Waals surface area contributed by atoms with E-state index in [9.17, 15) is 9.59 Å². The molecule has 2 amide bonds. The molecule has 7 nitrogen and oxygen atoms in total. The summed E-state index contributed by atoms with van der Waals surface area (Å²) in [5.74, 6) is -2.47. The molecular formula is C30H31BrF2N4O3. The van der Waals surface area contributed by atoms with Crippen LogP contribution in [-0.4, -0.2) is 46.6 Å². The van der Waals surface area contributed by atoms with Crippen molar-refractivity contribution in [2.75, 3.05) is 13.7 Å². The first-order chi connectivity index (χ1) is 19.0. The first-order valence-corrected chi connectivity index (χ1v) is 14.3. The number of carbonyl (C=O) groups excluding carboxylic acids is 2. The smallest absolute Gasteiger partial charge is 0.407 e. The van der Waals surface area contributed by atoms with Crippen LogP contribution in [0.25, 0.3) is 22.4 Å². The van der Waals surface area contributed by atoms with Gasteiger partial charge in [-0.3, -0.25) is 4.79 Å². The number of amides is 2. The Morgan fingerprint density at radius 3 is 2.55 bits per heavy atom. The number of nitrogens with zero attached hydrogens (tertiary/aromatic N) is 2. The molecule has 1 unspecified atom stereocenters. The Morgan fingerprint density at radius 2 is 1.88 bits per heavy atom. The Balaban J connectivity index is 1.29. The quantitative estimate of drug-likeness (QED) is 0.321. The predicted octanol–water partition coefficient (Wildman–Crippen LogP) is 6.78. The van der Waals surface area contributed by atoms with Gasteiger partial charge in [0.15, 0.2) is 0 Å². The van der Waals surface area contributed by atoms with Crippen molar-refractivity contribution >= 4 is 27.9 Å². The molecule has 1 aliphatic heterocycles. The van der Waals surface area contributed by atoms with Crippen molar-refractivity contribution in [2.45, 2.75) is 57.5 Å². The number of alkyl halides is 2. The van der Waals surface area contributed by atoms with E-state index in [4.69, 9.17) is 4.74 Å². The first kappa shape index (κ1) is 26.9. The zero-order valence-electron chi connectivity index (χ0n) is 22.6. The van der Waals surface area contributed by atoms with Gasteiger partial charge in [-0.15, -0.1) is 0 Å². The van der Waals surface area contributed by atoms with E-state index in [1.165, 1.54) is 19.2 Å². The van der Waals surface area contributed by atoms with E-state index < -0.39 is 18.1 Å². The summed E-state index contributed by atoms with van der Waals surface area (Å²) in [5, 5.41) is 2.71. The number of aromatic amines is 1. The van der Waals surface area contributed by atoms with Crippen molar-refractivity contribution in [3.63, 3.8) is 0 Å². The second-order valence-corrected chi connectivity index (χ2v) is 12.6. The number of nitrogens with one attached hydrogen (secondary N) is 2. The number of hydrogen-bond acceptors (Lipinski definition) is 4. The second-order valence-electron chi connectivity index (χ2n) is 11.7. The van der Waals surface area contributed by atoms with Crippen molar-refractivity contribution in [3.05, 3.63) is 64.0 Å². The van der Waals surface area contributed by atoms with E-state index in [1.807, 2.05) is 24.8 Å². The molecule has 3 aromatic rings. The summed E-state index contributed by atoms with van der Waals surface area (Å²) in [4.78, 5) is 35.6. The summed E-state index contributed by atoms with van der Waals surface area (Å²) < 4.78 is 36.3. The minimum absolute atomic E-state index is 0.00863. The topological polar surface area (TPSA) is 87.3 Å². The van der Waals surface area contributed by atoms with Gasteiger partial charge in [0.2, 0.25) is 5.91 Å². The summed E-state index contributed by atoms with van der Waals surface area (Å²) in [5.41, 5.74) is 2.30. The lowest BCUT2D eigenvalue weighted by molar-refractivity contribution is -0.135. The first-order valence-electron chi connectivity index (χ1n) is 13.5. The van der Waals surface area contributed by atoms with E-state index in [0.29, 0.717) is 45.6 Å². The Labute approximate surface area is 239 Å². The number of benzene rings is 2. The van der Waals surface area contributed by atoms with Crippen LogP contribution in [-0.2, 0) is 15.5 Å². The van der Waals surface area contributed by atoms with Gasteiger partial charge in [-0.1, -0.05) is 48.0 Å². The highest BCUT2D eigenvalue weighted by molar-refractivity contribution is 9.10. The van der Waals surface area contributed by atoms with Gasteiger partial charge < -0.3 is 19.9 Å². The standard InChI is InChI=1S/C30H31BrF2N4O3/c1-16(2)10-23(36-28(39)40-3)27(38)37-15-29(8-9-29)13-25(37)26-34-14-24(35-26)17-4-6-19-20-7-5-18(31)12-22(20)30(32,33)21(19)11-17/h4-7,11-12,14,16,23,25H,8-10,13,15H2,1-3H3,(H,34,35)(H,36,39)/t23?,25-/m0/s1. The van der Waals surface area contributed by atoms with Gasteiger partial charge in [-0.25, -0.2) is 9.78 Å². The lowest BCUT2D eigenvalue weighted by atomic mass is 10.0. The SMILES string of the molecule is COC(=O)NC(CC(C)C)C(=O)N1CC2(CC2)C[C@H]1c1ncc(-c2ccc3c(c2)C(F)(F)c2cc(Br)ccc2-3)[nH]1. The van der Waals surface area contributed by atoms with Gasteiger partial charge >= 0.3 is 6.09 Å². The van der Waals surface area contributed by atoms with Crippen LogP contribution in [0.15, 0.2) is 47.1 Å². The molecule has 2 atom stereocenters. The number of H-pyrrole nitrogens is 1. The Kier molecular flexibility index (Phi) is 6.52. The number of fused-ring (bicyclic) bond motifs is 3. The number of aromatic nitrogens is 2. The van der Waals surface area contributed by atoms with Crippen LogP contribution in [0, 0.1) is 11.3 Å². The fourth-order valence-corrected chi connectivity index (χ4v) is 6.54. The fraction of sp³-hybridized carbons (Fsp3) is 0.433. The predicted molar refractivity (Wildman–Crippen MR) is 150 cm³/mol. The highest BCUT2D eigenvalue weighted by Gasteiger charge is 2.55. The molecule has 1 spiro atoms. The van der Waals surface area contributed by atoms with Crippen molar-refractivity contribution in [3.8, 4) is 22.4 Å². The third kappa shape index (κ3) is 4.60. The molecule has 210 valence electrons. The fourth-order valence-electron chi connectivity index (χ4n) is 6.18. The molecule has 6 rings (SSSR count). The minimum Gasteiger partial charge on any atom is -0.453 e. The summed E-state index contributed by atoms with van der Waals surface area (Å²) in [6.07, 6.45) is 4.33. The zero-order valence-corrected chi connectivity index (χ0v) is 24.1. The largest absolute Gasteiger partial charge is 0.453 e. The number of carbonyl (C=O) groups is 2. The third-order valence-corrected chi connectivity index (χ3v) is 8.91. The number of imidazole rings is 1. The van der Waals surface area contributed by atoms with E-state index >= 15 is 8.78 Å². The maximum Gasteiger partial charge on any atom is 0.407 e. The van der Waals surface area contributed by atoms with Gasteiger partial charge in [0.05, 0.1) is 25.0 Å². The summed E-state index contributed by atoms with van der Waals surface area (Å²) in [6, 6.07) is 9.04. The van der Waals surface area contributed by atoms with Gasteiger partial charge in [-0.2, -0.15) is 8.78 Å². The Bertz CT molecular complexity index is 1500. The van der Waals surface area contributed by atoms with Crippen molar-refractivity contribution < 1.29 is 23.1 Å². The van der Waals surface area contributed by atoms with Crippen LogP contribution in [0.3, 0.4) is 0 Å². The molecule has 3 aliphatic rings. The second kappa shape index (κ2) is 9.68. The number of likely N-dealkylation sites (tertiary alicyclic amines) is 1. The minimum atomic E-state index is -3.11. The van der Waals surface area contributed by atoms with Gasteiger partial charge in [-0.05, 0) is 66.3 Å². The van der Waals surface area contributed by atoms with E-state index in [-0.39, 0.29) is 34.4 Å². The molecule has 2 heterocycles. The molecule has 0 bridgehead atoms. The van der Waals surface area contributed by atoms with E-state index in [2.05, 4.69) is 31.2 Å². The van der Waals surface area contributed by atoms with Crippen LogP contribution in [0.5, 0.6) is 0 Å². The monoisotopic (exact) mass is 612 g/mol. The maximum atomic E-state index is 15.4. The molecule has 1 saturated carbocycles. The van der Waals surface area contributed by atoms with E-state index in [0.717, 1.165) is 19.3 Å². The zero-order chi connectivity index (χ0) is 28.4. The van der Waals surface area contributed by atoms with Crippen molar-refractivity contribution in [1.29, 1.82) is 0 Å². The normalized spacial score (nSPS) is 20.4. The van der Waals surface area contributed by atoms with Crippen LogP contribution >= 0.6 is 15.9 Å².